The van der Waals surface area contributed by atoms with Crippen molar-refractivity contribution in [2.45, 2.75) is 65.7 Å². The Morgan fingerprint density at radius 2 is 1.86 bits per heavy atom. The molecular weight excluding hydrogens is 350 g/mol. The fraction of sp³-hybridized carbons (Fsp3) is 0.696. The van der Waals surface area contributed by atoms with Crippen molar-refractivity contribution >= 4 is 11.5 Å². The van der Waals surface area contributed by atoms with Gasteiger partial charge < -0.3 is 4.74 Å². The molecule has 5 atom stereocenters. The molecule has 0 N–H and O–H groups in total. The standard InChI is InChI=1S/C23H31N3O2/c1-4-28-15-7-9-22(2)18-8-10-23(3)17(5-6-21(23)27)16(18)14-20(19(22)13-15)26-24-11-12-25-26/h11-13,16-18H,4-10,14H2,1-3H3. The highest BCUT2D eigenvalue weighted by Gasteiger charge is 2.59. The van der Waals surface area contributed by atoms with Crippen LogP contribution >= 0.6 is 0 Å². The van der Waals surface area contributed by atoms with E-state index in [1.807, 2.05) is 4.80 Å². The topological polar surface area (TPSA) is 57.0 Å². The number of hydrogen-bond acceptors (Lipinski definition) is 4. The van der Waals surface area contributed by atoms with E-state index in [9.17, 15) is 4.79 Å². The minimum absolute atomic E-state index is 0.111. The van der Waals surface area contributed by atoms with Crippen LogP contribution in [0.4, 0.5) is 0 Å². The van der Waals surface area contributed by atoms with Crippen LogP contribution in [0, 0.1) is 28.6 Å². The van der Waals surface area contributed by atoms with Crippen LogP contribution in [-0.4, -0.2) is 27.4 Å². The molecule has 0 amide bonds. The number of allylic oxidation sites excluding steroid dienone is 4. The second kappa shape index (κ2) is 6.30. The number of carbonyl (C=O) groups excluding carboxylic acids is 1. The molecule has 4 aliphatic carbocycles. The monoisotopic (exact) mass is 381 g/mol. The number of rotatable bonds is 3. The lowest BCUT2D eigenvalue weighted by molar-refractivity contribution is -0.131. The lowest BCUT2D eigenvalue weighted by atomic mass is 9.48. The van der Waals surface area contributed by atoms with Gasteiger partial charge in [0.2, 0.25) is 0 Å². The summed E-state index contributed by atoms with van der Waals surface area (Å²) in [6.07, 6.45) is 12.9. The average molecular weight is 382 g/mol. The molecule has 4 aliphatic rings. The first-order valence-electron chi connectivity index (χ1n) is 10.9. The summed E-state index contributed by atoms with van der Waals surface area (Å²) in [5.41, 5.74) is 2.58. The van der Waals surface area contributed by atoms with E-state index in [0.29, 0.717) is 30.1 Å². The lowest BCUT2D eigenvalue weighted by Crippen LogP contribution is -2.50. The molecule has 5 unspecified atom stereocenters. The molecule has 0 bridgehead atoms. The third-order valence-corrected chi connectivity index (χ3v) is 8.51. The molecule has 0 spiro atoms. The first-order chi connectivity index (χ1) is 13.5. The van der Waals surface area contributed by atoms with Crippen molar-refractivity contribution in [1.82, 2.24) is 15.0 Å². The summed E-state index contributed by atoms with van der Waals surface area (Å²) >= 11 is 0. The molecule has 1 aromatic heterocycles. The van der Waals surface area contributed by atoms with Crippen LogP contribution in [0.25, 0.3) is 5.70 Å². The maximum absolute atomic E-state index is 12.7. The summed E-state index contributed by atoms with van der Waals surface area (Å²) in [4.78, 5) is 14.6. The molecule has 2 saturated carbocycles. The SMILES string of the molecule is CCOC1=CC2=C(n3nccn3)CC3C4CCC(=O)C4(C)CCC3C2(C)CC1. The molecule has 0 aromatic carbocycles. The van der Waals surface area contributed by atoms with Crippen molar-refractivity contribution < 1.29 is 9.53 Å². The molecule has 5 heteroatoms. The van der Waals surface area contributed by atoms with Gasteiger partial charge in [0, 0.05) is 18.3 Å². The number of carbonyl (C=O) groups is 1. The Bertz CT molecular complexity index is 855. The van der Waals surface area contributed by atoms with Gasteiger partial charge in [-0.3, -0.25) is 4.79 Å². The van der Waals surface area contributed by atoms with Crippen LogP contribution in [0.2, 0.25) is 0 Å². The summed E-state index contributed by atoms with van der Waals surface area (Å²) in [6, 6.07) is 0. The maximum atomic E-state index is 12.7. The summed E-state index contributed by atoms with van der Waals surface area (Å²) < 4.78 is 5.91. The van der Waals surface area contributed by atoms with Gasteiger partial charge in [-0.25, -0.2) is 0 Å². The van der Waals surface area contributed by atoms with Gasteiger partial charge in [0.05, 0.1) is 30.5 Å². The van der Waals surface area contributed by atoms with E-state index in [1.165, 1.54) is 11.3 Å². The highest BCUT2D eigenvalue weighted by Crippen LogP contribution is 2.65. The highest BCUT2D eigenvalue weighted by atomic mass is 16.5. The molecule has 1 aromatic rings. The van der Waals surface area contributed by atoms with Crippen molar-refractivity contribution in [2.24, 2.45) is 28.6 Å². The molecule has 0 radical (unpaired) electrons. The number of ether oxygens (including phenoxy) is 1. The molecular formula is C23H31N3O2. The zero-order valence-corrected chi connectivity index (χ0v) is 17.3. The van der Waals surface area contributed by atoms with Crippen LogP contribution in [0.1, 0.15) is 65.7 Å². The number of hydrogen-bond donors (Lipinski definition) is 0. The van der Waals surface area contributed by atoms with Gasteiger partial charge in [0.1, 0.15) is 5.78 Å². The van der Waals surface area contributed by atoms with Crippen molar-refractivity contribution in [2.75, 3.05) is 6.61 Å². The summed E-state index contributed by atoms with van der Waals surface area (Å²) in [5, 5.41) is 9.00. The largest absolute Gasteiger partial charge is 0.498 e. The number of fused-ring (bicyclic) bond motifs is 5. The van der Waals surface area contributed by atoms with Gasteiger partial charge in [0.15, 0.2) is 0 Å². The molecule has 28 heavy (non-hydrogen) atoms. The van der Waals surface area contributed by atoms with E-state index in [4.69, 9.17) is 4.74 Å². The first kappa shape index (κ1) is 18.1. The van der Waals surface area contributed by atoms with Gasteiger partial charge in [-0.1, -0.05) is 13.8 Å². The second-order valence-corrected chi connectivity index (χ2v) is 9.64. The Morgan fingerprint density at radius 1 is 1.11 bits per heavy atom. The Kier molecular flexibility index (Phi) is 4.08. The molecule has 0 saturated heterocycles. The van der Waals surface area contributed by atoms with Gasteiger partial charge in [-0.2, -0.15) is 15.0 Å². The molecule has 5 nitrogen and oxygen atoms in total. The van der Waals surface area contributed by atoms with Crippen LogP contribution in [0.3, 0.4) is 0 Å². The molecule has 5 rings (SSSR count). The third kappa shape index (κ3) is 2.40. The average Bonchev–Trinajstić information content (AvgIpc) is 3.31. The first-order valence-corrected chi connectivity index (χ1v) is 10.9. The predicted octanol–water partition coefficient (Wildman–Crippen LogP) is 4.63. The predicted molar refractivity (Wildman–Crippen MR) is 107 cm³/mol. The normalized spacial score (nSPS) is 39.9. The summed E-state index contributed by atoms with van der Waals surface area (Å²) in [7, 11) is 0. The molecule has 150 valence electrons. The highest BCUT2D eigenvalue weighted by molar-refractivity contribution is 5.87. The molecule has 0 aliphatic heterocycles. The minimum Gasteiger partial charge on any atom is -0.498 e. The Hall–Kier alpha value is -1.91. The number of Topliss-reactive ketones (excluding diaryl/α,β-unsaturated/α-hetero) is 1. The quantitative estimate of drug-likeness (QED) is 0.766. The Morgan fingerprint density at radius 3 is 2.61 bits per heavy atom. The Balaban J connectivity index is 1.64. The van der Waals surface area contributed by atoms with Crippen LogP contribution < -0.4 is 0 Å². The third-order valence-electron chi connectivity index (χ3n) is 8.51. The van der Waals surface area contributed by atoms with Gasteiger partial charge >= 0.3 is 0 Å². The summed E-state index contributed by atoms with van der Waals surface area (Å²) in [6.45, 7) is 7.45. The zero-order valence-electron chi connectivity index (χ0n) is 17.3. The van der Waals surface area contributed by atoms with Gasteiger partial charge in [0.25, 0.3) is 0 Å². The van der Waals surface area contributed by atoms with E-state index in [2.05, 4.69) is 37.0 Å². The van der Waals surface area contributed by atoms with Gasteiger partial charge in [-0.05, 0) is 73.8 Å². The van der Waals surface area contributed by atoms with E-state index >= 15 is 0 Å². The van der Waals surface area contributed by atoms with Crippen LogP contribution in [0.5, 0.6) is 0 Å². The number of nitrogens with zero attached hydrogens (tertiary/aromatic N) is 3. The van der Waals surface area contributed by atoms with Crippen molar-refractivity contribution in [3.8, 4) is 0 Å². The van der Waals surface area contributed by atoms with E-state index < -0.39 is 0 Å². The fourth-order valence-corrected chi connectivity index (χ4v) is 7.02. The van der Waals surface area contributed by atoms with Gasteiger partial charge in [-0.15, -0.1) is 0 Å². The maximum Gasteiger partial charge on any atom is 0.139 e. The minimum atomic E-state index is -0.112. The smallest absolute Gasteiger partial charge is 0.139 e. The lowest BCUT2D eigenvalue weighted by Gasteiger charge is -2.56. The second-order valence-electron chi connectivity index (χ2n) is 9.64. The van der Waals surface area contributed by atoms with Crippen molar-refractivity contribution in [3.05, 3.63) is 29.8 Å². The Labute approximate surface area is 167 Å². The number of ketones is 1. The van der Waals surface area contributed by atoms with E-state index in [0.717, 1.165) is 50.7 Å². The van der Waals surface area contributed by atoms with E-state index in [-0.39, 0.29) is 10.8 Å². The summed E-state index contributed by atoms with van der Waals surface area (Å²) in [5.74, 6) is 3.26. The fourth-order valence-electron chi connectivity index (χ4n) is 7.02. The van der Waals surface area contributed by atoms with Crippen molar-refractivity contribution in [3.63, 3.8) is 0 Å². The molecule has 1 heterocycles. The molecule has 2 fully saturated rings. The van der Waals surface area contributed by atoms with Crippen LogP contribution in [0.15, 0.2) is 29.8 Å². The van der Waals surface area contributed by atoms with Crippen LogP contribution in [-0.2, 0) is 9.53 Å². The number of aromatic nitrogens is 3. The van der Waals surface area contributed by atoms with Crippen molar-refractivity contribution in [1.29, 1.82) is 0 Å². The van der Waals surface area contributed by atoms with E-state index in [1.54, 1.807) is 12.4 Å². The zero-order chi connectivity index (χ0) is 19.5.